The Morgan fingerprint density at radius 2 is 2.11 bits per heavy atom. The van der Waals surface area contributed by atoms with E-state index >= 15 is 0 Å². The van der Waals surface area contributed by atoms with Crippen molar-refractivity contribution < 1.29 is 14.3 Å². The number of benzene rings is 1. The third-order valence-electron chi connectivity index (χ3n) is 3.53. The molecule has 2 rings (SSSR count). The molecule has 2 amide bonds. The summed E-state index contributed by atoms with van der Waals surface area (Å²) in [4.78, 5) is 31.3. The van der Waals surface area contributed by atoms with Crippen LogP contribution >= 0.6 is 11.3 Å². The second kappa shape index (κ2) is 11.0. The smallest absolute Gasteiger partial charge is 0.239 e. The Bertz CT molecular complexity index is 836. The lowest BCUT2D eigenvalue weighted by atomic mass is 10.1. The van der Waals surface area contributed by atoms with E-state index in [1.165, 1.54) is 18.3 Å². The molecule has 0 atom stereocenters. The molecule has 28 heavy (non-hydrogen) atoms. The number of hydrogen-bond donors (Lipinski definition) is 4. The molecule has 2 aromatic rings. The zero-order valence-electron chi connectivity index (χ0n) is 15.8. The van der Waals surface area contributed by atoms with E-state index in [0.29, 0.717) is 24.8 Å². The fraction of sp³-hybridized carbons (Fsp3) is 0.333. The zero-order chi connectivity index (χ0) is 20.4. The van der Waals surface area contributed by atoms with Gasteiger partial charge in [0.15, 0.2) is 5.96 Å². The van der Waals surface area contributed by atoms with E-state index in [1.54, 1.807) is 7.11 Å². The lowest BCUT2D eigenvalue weighted by Crippen LogP contribution is -2.35. The molecule has 1 aromatic heterocycles. The molecule has 0 unspecified atom stereocenters. The highest BCUT2D eigenvalue weighted by Crippen LogP contribution is 2.27. The van der Waals surface area contributed by atoms with E-state index in [4.69, 9.17) is 10.5 Å². The minimum Gasteiger partial charge on any atom is -0.383 e. The van der Waals surface area contributed by atoms with Crippen LogP contribution in [0.5, 0.6) is 0 Å². The number of nitrogens with two attached hydrogens (primary N) is 1. The van der Waals surface area contributed by atoms with Crippen LogP contribution in [0.15, 0.2) is 34.6 Å². The Kier molecular flexibility index (Phi) is 8.37. The Morgan fingerprint density at radius 1 is 1.29 bits per heavy atom. The number of rotatable bonds is 9. The minimum absolute atomic E-state index is 0.0394. The molecule has 0 radical (unpaired) electrons. The van der Waals surface area contributed by atoms with Crippen molar-refractivity contribution in [1.29, 1.82) is 0 Å². The van der Waals surface area contributed by atoms with Gasteiger partial charge >= 0.3 is 0 Å². The first-order chi connectivity index (χ1) is 13.5. The standard InChI is InChI=1S/C18H24N6O3S/c1-12(25)21-10-16(26)22-9-13-4-3-5-14(8-13)15-11-28-18(23-15)24-17(19)20-6-7-27-2/h3-5,8,11H,6-7,9-10H2,1-2H3,(H,21,25)(H,22,26)(H3,19,20,23,24). The summed E-state index contributed by atoms with van der Waals surface area (Å²) in [6.07, 6.45) is 0. The molecule has 9 nitrogen and oxygen atoms in total. The Labute approximate surface area is 167 Å². The van der Waals surface area contributed by atoms with Crippen LogP contribution in [0.1, 0.15) is 12.5 Å². The number of thiazole rings is 1. The normalized spacial score (nSPS) is 11.1. The second-order valence-electron chi connectivity index (χ2n) is 5.82. The number of carbonyl (C=O) groups is 2. The van der Waals surface area contributed by atoms with Crippen LogP contribution in [0.2, 0.25) is 0 Å². The number of ether oxygens (including phenoxy) is 1. The molecule has 5 N–H and O–H groups in total. The van der Waals surface area contributed by atoms with Gasteiger partial charge < -0.3 is 26.4 Å². The maximum absolute atomic E-state index is 11.7. The maximum Gasteiger partial charge on any atom is 0.239 e. The average Bonchev–Trinajstić information content (AvgIpc) is 3.13. The zero-order valence-corrected chi connectivity index (χ0v) is 16.6. The number of hydrogen-bond acceptors (Lipinski definition) is 6. The molecule has 0 aliphatic carbocycles. The SMILES string of the molecule is COCCN/C(N)=N/c1nc(-c2cccc(CNC(=O)CNC(C)=O)c2)cs1. The first-order valence-corrected chi connectivity index (χ1v) is 9.49. The summed E-state index contributed by atoms with van der Waals surface area (Å²) in [6, 6.07) is 7.69. The van der Waals surface area contributed by atoms with E-state index in [1.807, 2.05) is 29.6 Å². The molecule has 0 spiro atoms. The molecular weight excluding hydrogens is 380 g/mol. The third-order valence-corrected chi connectivity index (χ3v) is 4.27. The number of aliphatic imine (C=N–C) groups is 1. The van der Waals surface area contributed by atoms with E-state index in [9.17, 15) is 9.59 Å². The van der Waals surface area contributed by atoms with E-state index in [2.05, 4.69) is 25.9 Å². The molecule has 1 aromatic carbocycles. The summed E-state index contributed by atoms with van der Waals surface area (Å²) in [5.41, 5.74) is 8.43. The van der Waals surface area contributed by atoms with Crippen molar-refractivity contribution in [2.45, 2.75) is 13.5 Å². The van der Waals surface area contributed by atoms with Gasteiger partial charge in [-0.25, -0.2) is 4.98 Å². The summed E-state index contributed by atoms with van der Waals surface area (Å²) >= 11 is 1.39. The van der Waals surface area contributed by atoms with Crippen molar-refractivity contribution in [2.75, 3.05) is 26.8 Å². The molecule has 10 heteroatoms. The second-order valence-corrected chi connectivity index (χ2v) is 6.66. The highest BCUT2D eigenvalue weighted by atomic mass is 32.1. The molecule has 0 saturated heterocycles. The van der Waals surface area contributed by atoms with Crippen LogP contribution in [0.25, 0.3) is 11.3 Å². The van der Waals surface area contributed by atoms with Crippen molar-refractivity contribution >= 4 is 34.2 Å². The lowest BCUT2D eigenvalue weighted by Gasteiger charge is -2.07. The van der Waals surface area contributed by atoms with Crippen LogP contribution < -0.4 is 21.7 Å². The van der Waals surface area contributed by atoms with Gasteiger partial charge in [0.1, 0.15) is 0 Å². The van der Waals surface area contributed by atoms with Crippen LogP contribution in [0, 0.1) is 0 Å². The largest absolute Gasteiger partial charge is 0.383 e. The molecular formula is C18H24N6O3S. The van der Waals surface area contributed by atoms with Gasteiger partial charge in [-0.2, -0.15) is 4.99 Å². The van der Waals surface area contributed by atoms with Crippen LogP contribution in [-0.4, -0.2) is 49.6 Å². The first kappa shape index (κ1) is 21.3. The molecule has 0 saturated carbocycles. The third kappa shape index (κ3) is 7.33. The number of carbonyl (C=O) groups excluding carboxylic acids is 2. The van der Waals surface area contributed by atoms with Crippen molar-refractivity contribution in [1.82, 2.24) is 20.9 Å². The van der Waals surface area contributed by atoms with Gasteiger partial charge in [-0.3, -0.25) is 9.59 Å². The van der Waals surface area contributed by atoms with E-state index in [0.717, 1.165) is 16.8 Å². The van der Waals surface area contributed by atoms with Gasteiger partial charge in [0.2, 0.25) is 16.9 Å². The molecule has 1 heterocycles. The maximum atomic E-state index is 11.7. The molecule has 0 bridgehead atoms. The Hall–Kier alpha value is -2.98. The number of nitrogens with one attached hydrogen (secondary N) is 3. The van der Waals surface area contributed by atoms with Crippen LogP contribution in [-0.2, 0) is 20.9 Å². The van der Waals surface area contributed by atoms with E-state index < -0.39 is 0 Å². The van der Waals surface area contributed by atoms with Gasteiger partial charge in [0.05, 0.1) is 18.8 Å². The molecule has 0 aliphatic rings. The Balaban J connectivity index is 1.96. The number of nitrogens with zero attached hydrogens (tertiary/aromatic N) is 2. The van der Waals surface area contributed by atoms with Crippen molar-refractivity contribution in [3.05, 3.63) is 35.2 Å². The Morgan fingerprint density at radius 3 is 2.86 bits per heavy atom. The van der Waals surface area contributed by atoms with Gasteiger partial charge in [0.25, 0.3) is 0 Å². The molecule has 150 valence electrons. The minimum atomic E-state index is -0.248. The lowest BCUT2D eigenvalue weighted by molar-refractivity contribution is -0.125. The summed E-state index contributed by atoms with van der Waals surface area (Å²) in [7, 11) is 1.62. The topological polar surface area (TPSA) is 131 Å². The van der Waals surface area contributed by atoms with Crippen LogP contribution in [0.3, 0.4) is 0 Å². The highest BCUT2D eigenvalue weighted by Gasteiger charge is 2.07. The summed E-state index contributed by atoms with van der Waals surface area (Å²) in [6.45, 7) is 2.79. The predicted molar refractivity (Wildman–Crippen MR) is 109 cm³/mol. The van der Waals surface area contributed by atoms with Crippen molar-refractivity contribution in [2.24, 2.45) is 10.7 Å². The fourth-order valence-electron chi connectivity index (χ4n) is 2.18. The average molecular weight is 404 g/mol. The highest BCUT2D eigenvalue weighted by molar-refractivity contribution is 7.13. The van der Waals surface area contributed by atoms with Crippen molar-refractivity contribution in [3.8, 4) is 11.3 Å². The molecule has 0 fully saturated rings. The fourth-order valence-corrected chi connectivity index (χ4v) is 2.89. The first-order valence-electron chi connectivity index (χ1n) is 8.61. The summed E-state index contributed by atoms with van der Waals surface area (Å²) in [5.74, 6) is -0.204. The van der Waals surface area contributed by atoms with E-state index in [-0.39, 0.29) is 24.3 Å². The van der Waals surface area contributed by atoms with Crippen molar-refractivity contribution in [3.63, 3.8) is 0 Å². The van der Waals surface area contributed by atoms with Gasteiger partial charge in [0, 0.05) is 38.1 Å². The number of methoxy groups -OCH3 is 1. The predicted octanol–water partition coefficient (Wildman–Crippen LogP) is 0.745. The quantitative estimate of drug-likeness (QED) is 0.277. The molecule has 0 aliphatic heterocycles. The van der Waals surface area contributed by atoms with Gasteiger partial charge in [-0.1, -0.05) is 18.2 Å². The summed E-state index contributed by atoms with van der Waals surface area (Å²) < 4.78 is 4.94. The number of amides is 2. The number of aromatic nitrogens is 1. The van der Waals surface area contributed by atoms with Gasteiger partial charge in [-0.15, -0.1) is 11.3 Å². The summed E-state index contributed by atoms with van der Waals surface area (Å²) in [5, 5.41) is 10.6. The van der Waals surface area contributed by atoms with Crippen LogP contribution in [0.4, 0.5) is 5.13 Å². The van der Waals surface area contributed by atoms with Gasteiger partial charge in [-0.05, 0) is 11.6 Å². The number of guanidine groups is 1. The monoisotopic (exact) mass is 404 g/mol.